The molecule has 2 aromatic rings. The van der Waals surface area contributed by atoms with Gasteiger partial charge in [-0.25, -0.2) is 0 Å². The van der Waals surface area contributed by atoms with Crippen LogP contribution in [0.5, 0.6) is 0 Å². The summed E-state index contributed by atoms with van der Waals surface area (Å²) in [5.41, 5.74) is 4.48. The fourth-order valence-corrected chi connectivity index (χ4v) is 5.15. The maximum Gasteiger partial charge on any atom is 0.274 e. The zero-order chi connectivity index (χ0) is 21.9. The highest BCUT2D eigenvalue weighted by Gasteiger charge is 2.31. The predicted molar refractivity (Wildman–Crippen MR) is 125 cm³/mol. The van der Waals surface area contributed by atoms with Gasteiger partial charge in [-0.2, -0.15) is 5.10 Å². The SMILES string of the molecule is Cc1ccccc1CN1CCC(CN(C[C@@H]2CCCO2)C(=O)c2cc(C3CC3)[nH]n2)CC1. The number of carbonyl (C=O) groups excluding carboxylic acids is 1. The minimum atomic E-state index is 0.0611. The largest absolute Gasteiger partial charge is 0.376 e. The Kier molecular flexibility index (Phi) is 6.60. The van der Waals surface area contributed by atoms with Crippen LogP contribution in [0.25, 0.3) is 0 Å². The van der Waals surface area contributed by atoms with E-state index >= 15 is 0 Å². The molecule has 32 heavy (non-hydrogen) atoms. The number of aryl methyl sites for hydroxylation is 1. The predicted octanol–water partition coefficient (Wildman–Crippen LogP) is 4.13. The van der Waals surface area contributed by atoms with Gasteiger partial charge in [0.1, 0.15) is 5.69 Å². The molecule has 0 spiro atoms. The summed E-state index contributed by atoms with van der Waals surface area (Å²) in [6.45, 7) is 7.72. The lowest BCUT2D eigenvalue weighted by atomic mass is 9.95. The van der Waals surface area contributed by atoms with Gasteiger partial charge in [0.05, 0.1) is 6.10 Å². The number of H-pyrrole nitrogens is 1. The molecule has 2 saturated heterocycles. The molecule has 1 aromatic carbocycles. The van der Waals surface area contributed by atoms with Gasteiger partial charge < -0.3 is 9.64 Å². The number of nitrogens with one attached hydrogen (secondary N) is 1. The first kappa shape index (κ1) is 21.7. The molecule has 3 heterocycles. The Morgan fingerprint density at radius 2 is 1.97 bits per heavy atom. The minimum absolute atomic E-state index is 0.0611. The van der Waals surface area contributed by atoms with Crippen molar-refractivity contribution in [3.8, 4) is 0 Å². The number of carbonyl (C=O) groups is 1. The van der Waals surface area contributed by atoms with Crippen molar-refractivity contribution in [2.45, 2.75) is 64.0 Å². The lowest BCUT2D eigenvalue weighted by Gasteiger charge is -2.35. The molecule has 2 aliphatic heterocycles. The molecule has 1 aromatic heterocycles. The Hall–Kier alpha value is -2.18. The highest BCUT2D eigenvalue weighted by molar-refractivity contribution is 5.92. The summed E-state index contributed by atoms with van der Waals surface area (Å²) >= 11 is 0. The summed E-state index contributed by atoms with van der Waals surface area (Å²) in [4.78, 5) is 18.0. The van der Waals surface area contributed by atoms with Gasteiger partial charge in [0.2, 0.25) is 0 Å². The van der Waals surface area contributed by atoms with Crippen LogP contribution in [-0.2, 0) is 11.3 Å². The number of ether oxygens (including phenoxy) is 1. The first-order chi connectivity index (χ1) is 15.7. The molecule has 0 bridgehead atoms. The van der Waals surface area contributed by atoms with Crippen molar-refractivity contribution in [3.63, 3.8) is 0 Å². The van der Waals surface area contributed by atoms with Crippen molar-refractivity contribution in [2.75, 3.05) is 32.8 Å². The summed E-state index contributed by atoms with van der Waals surface area (Å²) in [5, 5.41) is 7.47. The van der Waals surface area contributed by atoms with Crippen LogP contribution >= 0.6 is 0 Å². The maximum absolute atomic E-state index is 13.4. The Bertz CT molecular complexity index is 908. The summed E-state index contributed by atoms with van der Waals surface area (Å²) in [6, 6.07) is 10.7. The fraction of sp³-hybridized carbons (Fsp3) is 0.615. The van der Waals surface area contributed by atoms with Crippen LogP contribution < -0.4 is 0 Å². The van der Waals surface area contributed by atoms with Crippen molar-refractivity contribution in [1.29, 1.82) is 0 Å². The van der Waals surface area contributed by atoms with Crippen molar-refractivity contribution in [1.82, 2.24) is 20.0 Å². The Morgan fingerprint density at radius 1 is 1.16 bits per heavy atom. The Labute approximate surface area is 191 Å². The van der Waals surface area contributed by atoms with Gasteiger partial charge in [-0.15, -0.1) is 0 Å². The second-order valence-corrected chi connectivity index (χ2v) is 9.97. The average molecular weight is 437 g/mol. The van der Waals surface area contributed by atoms with Gasteiger partial charge >= 0.3 is 0 Å². The summed E-state index contributed by atoms with van der Waals surface area (Å²) in [6.07, 6.45) is 6.99. The standard InChI is InChI=1S/C26H36N4O2/c1-19-5-2-3-6-22(19)17-29-12-10-20(11-13-29)16-30(18-23-7-4-14-32-23)26(31)25-15-24(27-28-25)21-8-9-21/h2-3,5-6,15,20-21,23H,4,7-14,16-18H2,1H3,(H,27,28)/t23-/m0/s1. The van der Waals surface area contributed by atoms with Gasteiger partial charge in [0.25, 0.3) is 5.91 Å². The minimum Gasteiger partial charge on any atom is -0.376 e. The van der Waals surface area contributed by atoms with E-state index in [4.69, 9.17) is 4.74 Å². The number of nitrogens with zero attached hydrogens (tertiary/aromatic N) is 3. The van der Waals surface area contributed by atoms with Crippen LogP contribution in [0, 0.1) is 12.8 Å². The van der Waals surface area contributed by atoms with Crippen LogP contribution in [0.4, 0.5) is 0 Å². The molecule has 1 saturated carbocycles. The van der Waals surface area contributed by atoms with E-state index in [0.29, 0.717) is 24.1 Å². The number of amides is 1. The van der Waals surface area contributed by atoms with E-state index in [0.717, 1.165) is 64.2 Å². The number of piperidine rings is 1. The van der Waals surface area contributed by atoms with Crippen LogP contribution in [-0.4, -0.2) is 64.8 Å². The smallest absolute Gasteiger partial charge is 0.274 e. The van der Waals surface area contributed by atoms with Gasteiger partial charge in [0.15, 0.2) is 0 Å². The molecule has 6 heteroatoms. The molecular formula is C26H36N4O2. The lowest BCUT2D eigenvalue weighted by molar-refractivity contribution is 0.0440. The molecule has 0 radical (unpaired) electrons. The summed E-state index contributed by atoms with van der Waals surface area (Å²) in [7, 11) is 0. The molecule has 1 atom stereocenters. The topological polar surface area (TPSA) is 61.5 Å². The molecule has 1 N–H and O–H groups in total. The van der Waals surface area contributed by atoms with E-state index in [-0.39, 0.29) is 12.0 Å². The van der Waals surface area contributed by atoms with Crippen molar-refractivity contribution < 1.29 is 9.53 Å². The second-order valence-electron chi connectivity index (χ2n) is 9.97. The van der Waals surface area contributed by atoms with Gasteiger partial charge in [-0.05, 0) is 81.6 Å². The quantitative estimate of drug-likeness (QED) is 0.676. The number of aromatic nitrogens is 2. The zero-order valence-electron chi connectivity index (χ0n) is 19.3. The molecule has 1 aliphatic carbocycles. The molecule has 6 nitrogen and oxygen atoms in total. The third kappa shape index (κ3) is 5.24. The van der Waals surface area contributed by atoms with E-state index in [1.807, 2.05) is 11.0 Å². The Morgan fingerprint density at radius 3 is 2.69 bits per heavy atom. The highest BCUT2D eigenvalue weighted by atomic mass is 16.5. The van der Waals surface area contributed by atoms with E-state index in [9.17, 15) is 4.79 Å². The highest BCUT2D eigenvalue weighted by Crippen LogP contribution is 2.39. The van der Waals surface area contributed by atoms with E-state index in [2.05, 4.69) is 46.3 Å². The number of hydrogen-bond acceptors (Lipinski definition) is 4. The van der Waals surface area contributed by atoms with Crippen molar-refractivity contribution >= 4 is 5.91 Å². The van der Waals surface area contributed by atoms with Gasteiger partial charge in [-0.3, -0.25) is 14.8 Å². The van der Waals surface area contributed by atoms with E-state index in [1.165, 1.54) is 24.0 Å². The zero-order valence-corrected chi connectivity index (χ0v) is 19.3. The maximum atomic E-state index is 13.4. The summed E-state index contributed by atoms with van der Waals surface area (Å²) in [5.74, 6) is 1.18. The van der Waals surface area contributed by atoms with Crippen molar-refractivity contribution in [2.24, 2.45) is 5.92 Å². The summed E-state index contributed by atoms with van der Waals surface area (Å²) < 4.78 is 5.88. The molecule has 0 unspecified atom stereocenters. The monoisotopic (exact) mass is 436 g/mol. The van der Waals surface area contributed by atoms with E-state index < -0.39 is 0 Å². The van der Waals surface area contributed by atoms with Gasteiger partial charge in [-0.1, -0.05) is 24.3 Å². The number of rotatable bonds is 8. The first-order valence-corrected chi connectivity index (χ1v) is 12.4. The molecule has 3 fully saturated rings. The number of hydrogen-bond donors (Lipinski definition) is 1. The molecule has 5 rings (SSSR count). The fourth-order valence-electron chi connectivity index (χ4n) is 5.15. The second kappa shape index (κ2) is 9.75. The Balaban J connectivity index is 1.19. The average Bonchev–Trinajstić information content (AvgIpc) is 3.31. The molecule has 172 valence electrons. The normalized spacial score (nSPS) is 22.3. The molecule has 3 aliphatic rings. The van der Waals surface area contributed by atoms with E-state index in [1.54, 1.807) is 0 Å². The third-order valence-electron chi connectivity index (χ3n) is 7.41. The number of likely N-dealkylation sites (tertiary alicyclic amines) is 1. The number of benzene rings is 1. The van der Waals surface area contributed by atoms with Crippen LogP contribution in [0.3, 0.4) is 0 Å². The first-order valence-electron chi connectivity index (χ1n) is 12.4. The van der Waals surface area contributed by atoms with Crippen LogP contribution in [0.2, 0.25) is 0 Å². The number of aromatic amines is 1. The van der Waals surface area contributed by atoms with Crippen LogP contribution in [0.1, 0.15) is 71.8 Å². The molecular weight excluding hydrogens is 400 g/mol. The van der Waals surface area contributed by atoms with Gasteiger partial charge in [0, 0.05) is 37.9 Å². The lowest BCUT2D eigenvalue weighted by Crippen LogP contribution is -2.43. The van der Waals surface area contributed by atoms with Crippen molar-refractivity contribution in [3.05, 3.63) is 52.8 Å². The third-order valence-corrected chi connectivity index (χ3v) is 7.41. The van der Waals surface area contributed by atoms with Crippen LogP contribution in [0.15, 0.2) is 30.3 Å². The molecule has 1 amide bonds.